The number of aryl methyl sites for hydroxylation is 2. The van der Waals surface area contributed by atoms with Gasteiger partial charge in [-0.1, -0.05) is 0 Å². The zero-order chi connectivity index (χ0) is 17.1. The Balaban J connectivity index is 1.99. The quantitative estimate of drug-likeness (QED) is 0.732. The summed E-state index contributed by atoms with van der Waals surface area (Å²) in [6, 6.07) is 2.82. The van der Waals surface area contributed by atoms with Crippen molar-refractivity contribution in [2.24, 2.45) is 0 Å². The molecule has 1 heterocycles. The summed E-state index contributed by atoms with van der Waals surface area (Å²) in [7, 11) is 0. The predicted molar refractivity (Wildman–Crippen MR) is 75.3 cm³/mol. The highest BCUT2D eigenvalue weighted by molar-refractivity contribution is 5.98. The van der Waals surface area contributed by atoms with Crippen LogP contribution in [-0.4, -0.2) is 26.7 Å². The van der Waals surface area contributed by atoms with Crippen LogP contribution in [0.15, 0.2) is 18.2 Å². The number of phenols is 1. The summed E-state index contributed by atoms with van der Waals surface area (Å²) in [6.07, 6.45) is 0. The molecule has 9 heteroatoms. The second-order valence-electron chi connectivity index (χ2n) is 4.87. The number of carbonyl (C=O) groups excluding carboxylic acids is 2. The summed E-state index contributed by atoms with van der Waals surface area (Å²) in [5, 5.41) is 13.5. The van der Waals surface area contributed by atoms with Crippen LogP contribution in [0.4, 0.5) is 8.78 Å². The fourth-order valence-corrected chi connectivity index (χ4v) is 1.98. The molecular formula is C14H14F2N4O3. The van der Waals surface area contributed by atoms with Crippen LogP contribution in [0.3, 0.4) is 0 Å². The minimum atomic E-state index is -1.24. The van der Waals surface area contributed by atoms with E-state index in [9.17, 15) is 23.5 Å². The molecule has 23 heavy (non-hydrogen) atoms. The zero-order valence-corrected chi connectivity index (χ0v) is 12.4. The normalized spacial score (nSPS) is 10.4. The molecule has 7 nitrogen and oxygen atoms in total. The number of hydrogen-bond donors (Lipinski definition) is 3. The lowest BCUT2D eigenvalue weighted by molar-refractivity contribution is -0.122. The zero-order valence-electron chi connectivity index (χ0n) is 12.4. The van der Waals surface area contributed by atoms with E-state index in [0.29, 0.717) is 12.1 Å². The molecule has 0 spiro atoms. The lowest BCUT2D eigenvalue weighted by atomic mass is 10.1. The highest BCUT2D eigenvalue weighted by Crippen LogP contribution is 2.21. The maximum Gasteiger partial charge on any atom is 0.276 e. The highest BCUT2D eigenvalue weighted by Gasteiger charge is 2.19. The standard InChI is InChI=1S/C14H14F2N4O3/c1-7-3-8(2)20(19-7)6-12(22)17-18-14(23)13-10(16)4-9(15)5-11(13)21/h3-5,21H,6H2,1-2H3,(H,17,22)(H,18,23). The second kappa shape index (κ2) is 6.42. The number of benzene rings is 1. The van der Waals surface area contributed by atoms with E-state index in [1.165, 1.54) is 4.68 Å². The number of aromatic hydroxyl groups is 1. The van der Waals surface area contributed by atoms with Crippen molar-refractivity contribution in [2.75, 3.05) is 0 Å². The Hall–Kier alpha value is -2.97. The second-order valence-corrected chi connectivity index (χ2v) is 4.87. The van der Waals surface area contributed by atoms with Gasteiger partial charge < -0.3 is 5.11 Å². The Morgan fingerprint density at radius 3 is 2.48 bits per heavy atom. The number of hydrogen-bond acceptors (Lipinski definition) is 4. The Morgan fingerprint density at radius 2 is 1.91 bits per heavy atom. The molecule has 0 fully saturated rings. The summed E-state index contributed by atoms with van der Waals surface area (Å²) in [5.41, 5.74) is 4.73. The van der Waals surface area contributed by atoms with Crippen molar-refractivity contribution in [1.82, 2.24) is 20.6 Å². The first-order valence-electron chi connectivity index (χ1n) is 6.56. The van der Waals surface area contributed by atoms with Crippen LogP contribution in [0.1, 0.15) is 21.7 Å². The fourth-order valence-electron chi connectivity index (χ4n) is 1.98. The van der Waals surface area contributed by atoms with Gasteiger partial charge in [-0.15, -0.1) is 0 Å². The molecule has 0 saturated carbocycles. The van der Waals surface area contributed by atoms with E-state index in [-0.39, 0.29) is 6.54 Å². The number of rotatable bonds is 3. The topological polar surface area (TPSA) is 96.2 Å². The molecule has 1 aromatic heterocycles. The third kappa shape index (κ3) is 3.82. The van der Waals surface area contributed by atoms with Gasteiger partial charge in [0.2, 0.25) is 0 Å². The third-order valence-electron chi connectivity index (χ3n) is 2.97. The molecule has 0 saturated heterocycles. The number of phenolic OH excluding ortho intramolecular Hbond substituents is 1. The van der Waals surface area contributed by atoms with Crippen molar-refractivity contribution < 1.29 is 23.5 Å². The molecule has 2 amide bonds. The monoisotopic (exact) mass is 324 g/mol. The van der Waals surface area contributed by atoms with E-state index < -0.39 is 34.8 Å². The van der Waals surface area contributed by atoms with E-state index in [1.807, 2.05) is 5.43 Å². The first-order chi connectivity index (χ1) is 10.8. The molecule has 2 rings (SSSR count). The molecule has 3 N–H and O–H groups in total. The SMILES string of the molecule is Cc1cc(C)n(CC(=O)NNC(=O)c2c(O)cc(F)cc2F)n1. The summed E-state index contributed by atoms with van der Waals surface area (Å²) >= 11 is 0. The van der Waals surface area contributed by atoms with Crippen molar-refractivity contribution >= 4 is 11.8 Å². The number of nitrogens with zero attached hydrogens (tertiary/aromatic N) is 2. The van der Waals surface area contributed by atoms with Crippen molar-refractivity contribution in [3.05, 3.63) is 46.8 Å². The van der Waals surface area contributed by atoms with Gasteiger partial charge in [0.05, 0.1) is 5.69 Å². The molecule has 2 aromatic rings. The molecule has 0 atom stereocenters. The van der Waals surface area contributed by atoms with Crippen LogP contribution in [0.5, 0.6) is 5.75 Å². The molecule has 0 unspecified atom stereocenters. The average molecular weight is 324 g/mol. The minimum Gasteiger partial charge on any atom is -0.507 e. The molecule has 122 valence electrons. The Bertz CT molecular complexity index is 750. The van der Waals surface area contributed by atoms with Gasteiger partial charge in [-0.25, -0.2) is 8.78 Å². The lowest BCUT2D eigenvalue weighted by Gasteiger charge is -2.10. The van der Waals surface area contributed by atoms with Crippen molar-refractivity contribution in [2.45, 2.75) is 20.4 Å². The molecule has 0 aliphatic rings. The average Bonchev–Trinajstić information content (AvgIpc) is 2.73. The van der Waals surface area contributed by atoms with E-state index in [4.69, 9.17) is 0 Å². The smallest absolute Gasteiger partial charge is 0.276 e. The van der Waals surface area contributed by atoms with Gasteiger partial charge in [-0.05, 0) is 19.9 Å². The summed E-state index contributed by atoms with van der Waals surface area (Å²) in [4.78, 5) is 23.5. The number of hydrazine groups is 1. The number of nitrogens with one attached hydrogen (secondary N) is 2. The summed E-state index contributed by atoms with van der Waals surface area (Å²) < 4.78 is 27.8. The van der Waals surface area contributed by atoms with E-state index in [0.717, 1.165) is 11.4 Å². The van der Waals surface area contributed by atoms with Gasteiger partial charge in [0.1, 0.15) is 29.5 Å². The molecule has 0 aliphatic carbocycles. The fraction of sp³-hybridized carbons (Fsp3) is 0.214. The van der Waals surface area contributed by atoms with Gasteiger partial charge in [-0.2, -0.15) is 5.10 Å². The van der Waals surface area contributed by atoms with Gasteiger partial charge in [-0.3, -0.25) is 25.1 Å². The van der Waals surface area contributed by atoms with Gasteiger partial charge in [0.25, 0.3) is 11.8 Å². The predicted octanol–water partition coefficient (Wildman–Crippen LogP) is 0.945. The molecule has 1 aromatic carbocycles. The molecular weight excluding hydrogens is 310 g/mol. The number of amides is 2. The van der Waals surface area contributed by atoms with Gasteiger partial charge in [0, 0.05) is 17.8 Å². The maximum absolute atomic E-state index is 13.5. The number of carbonyl (C=O) groups is 2. The van der Waals surface area contributed by atoms with Crippen LogP contribution in [0, 0.1) is 25.5 Å². The van der Waals surface area contributed by atoms with Crippen LogP contribution in [0.25, 0.3) is 0 Å². The van der Waals surface area contributed by atoms with E-state index in [1.54, 1.807) is 19.9 Å². The highest BCUT2D eigenvalue weighted by atomic mass is 19.1. The van der Waals surface area contributed by atoms with Crippen LogP contribution in [0.2, 0.25) is 0 Å². The lowest BCUT2D eigenvalue weighted by Crippen LogP contribution is -2.43. The molecule has 0 radical (unpaired) electrons. The largest absolute Gasteiger partial charge is 0.507 e. The van der Waals surface area contributed by atoms with Crippen molar-refractivity contribution in [3.8, 4) is 5.75 Å². The number of aromatic nitrogens is 2. The van der Waals surface area contributed by atoms with Crippen LogP contribution < -0.4 is 10.9 Å². The third-order valence-corrected chi connectivity index (χ3v) is 2.97. The minimum absolute atomic E-state index is 0.155. The van der Waals surface area contributed by atoms with Gasteiger partial charge >= 0.3 is 0 Å². The first-order valence-corrected chi connectivity index (χ1v) is 6.56. The Kier molecular flexibility index (Phi) is 4.58. The van der Waals surface area contributed by atoms with Crippen LogP contribution >= 0.6 is 0 Å². The summed E-state index contributed by atoms with van der Waals surface area (Å²) in [5.74, 6) is -4.85. The number of halogens is 2. The maximum atomic E-state index is 13.5. The summed E-state index contributed by atoms with van der Waals surface area (Å²) in [6.45, 7) is 3.37. The van der Waals surface area contributed by atoms with Crippen molar-refractivity contribution in [1.29, 1.82) is 0 Å². The first kappa shape index (κ1) is 16.4. The van der Waals surface area contributed by atoms with Crippen molar-refractivity contribution in [3.63, 3.8) is 0 Å². The Labute approximate surface area is 129 Å². The molecule has 0 aliphatic heterocycles. The van der Waals surface area contributed by atoms with Gasteiger partial charge in [0.15, 0.2) is 0 Å². The van der Waals surface area contributed by atoms with Crippen LogP contribution in [-0.2, 0) is 11.3 Å². The molecule has 0 bridgehead atoms. The Morgan fingerprint density at radius 1 is 1.22 bits per heavy atom. The van der Waals surface area contributed by atoms with E-state index >= 15 is 0 Å². The van der Waals surface area contributed by atoms with E-state index in [2.05, 4.69) is 10.5 Å².